The summed E-state index contributed by atoms with van der Waals surface area (Å²) in [6, 6.07) is 13.8. The molecule has 11 heteroatoms. The quantitative estimate of drug-likeness (QED) is 0.367. The lowest BCUT2D eigenvalue weighted by molar-refractivity contribution is 0.0584. The van der Waals surface area contributed by atoms with E-state index >= 15 is 4.39 Å². The molecule has 1 aromatic heterocycles. The van der Waals surface area contributed by atoms with E-state index in [1.807, 2.05) is 11.0 Å². The van der Waals surface area contributed by atoms with Crippen molar-refractivity contribution in [1.82, 2.24) is 19.9 Å². The zero-order valence-electron chi connectivity index (χ0n) is 23.0. The van der Waals surface area contributed by atoms with Crippen LogP contribution in [0.25, 0.3) is 33.3 Å². The fraction of sp³-hybridized carbons (Fsp3) is 0.323. The van der Waals surface area contributed by atoms with Gasteiger partial charge in [0.15, 0.2) is 5.82 Å². The van der Waals surface area contributed by atoms with Crippen molar-refractivity contribution in [2.24, 2.45) is 5.73 Å². The molecular formula is C31H27F2N7O2. The zero-order chi connectivity index (χ0) is 29.9. The van der Waals surface area contributed by atoms with Gasteiger partial charge in [0.25, 0.3) is 5.91 Å². The van der Waals surface area contributed by atoms with E-state index in [1.165, 1.54) is 28.9 Å². The molecule has 3 aromatic carbocycles. The van der Waals surface area contributed by atoms with Gasteiger partial charge in [0.05, 0.1) is 17.7 Å². The number of nitriles is 2. The summed E-state index contributed by atoms with van der Waals surface area (Å²) in [5.41, 5.74) is 6.27. The number of aromatic nitrogens is 3. The van der Waals surface area contributed by atoms with Gasteiger partial charge in [0, 0.05) is 29.3 Å². The van der Waals surface area contributed by atoms with Crippen molar-refractivity contribution in [2.75, 3.05) is 0 Å². The van der Waals surface area contributed by atoms with Crippen molar-refractivity contribution in [3.8, 4) is 34.4 Å². The number of hydrogen-bond acceptors (Lipinski definition) is 7. The summed E-state index contributed by atoms with van der Waals surface area (Å²) in [4.78, 5) is 15.5. The first-order chi connectivity index (χ1) is 20.0. The second-order valence-electron chi connectivity index (χ2n) is 11.6. The zero-order valence-corrected chi connectivity index (χ0v) is 23.0. The summed E-state index contributed by atoms with van der Waals surface area (Å²) in [5, 5.41) is 37.6. The molecule has 2 bridgehead atoms. The Bertz CT molecular complexity index is 1850. The SMILES string of the molecule is CC(C)(O)Cn1nnc2cc(-c3ccc(C(=O)N4[C@@H]5CC[C@H]4[C@@H](N)C5)cc3-c3ccc(C#N)c(F)c3)c(F)c(C#N)c21. The predicted octanol–water partition coefficient (Wildman–Crippen LogP) is 4.26. The molecule has 2 fully saturated rings. The van der Waals surface area contributed by atoms with E-state index in [0.29, 0.717) is 22.3 Å². The van der Waals surface area contributed by atoms with Crippen LogP contribution in [0.15, 0.2) is 42.5 Å². The van der Waals surface area contributed by atoms with Gasteiger partial charge in [-0.1, -0.05) is 17.3 Å². The Morgan fingerprint density at radius 1 is 1.10 bits per heavy atom. The summed E-state index contributed by atoms with van der Waals surface area (Å²) >= 11 is 0. The molecule has 2 saturated heterocycles. The van der Waals surface area contributed by atoms with Crippen LogP contribution in [0.3, 0.4) is 0 Å². The van der Waals surface area contributed by atoms with Crippen LogP contribution in [-0.4, -0.2) is 54.6 Å². The molecule has 4 aromatic rings. The molecule has 0 radical (unpaired) electrons. The molecule has 0 spiro atoms. The lowest BCUT2D eigenvalue weighted by Gasteiger charge is -2.24. The summed E-state index contributed by atoms with van der Waals surface area (Å²) in [5.74, 6) is -1.81. The Hall–Kier alpha value is -4.71. The number of nitrogens with two attached hydrogens (primary N) is 1. The number of hydrogen-bond donors (Lipinski definition) is 2. The monoisotopic (exact) mass is 567 g/mol. The maximum Gasteiger partial charge on any atom is 0.254 e. The summed E-state index contributed by atoms with van der Waals surface area (Å²) in [6.07, 6.45) is 2.45. The van der Waals surface area contributed by atoms with E-state index in [4.69, 9.17) is 5.73 Å². The Balaban J connectivity index is 1.54. The number of carbonyl (C=O) groups excluding carboxylic acids is 1. The second-order valence-corrected chi connectivity index (χ2v) is 11.6. The maximum atomic E-state index is 16.2. The normalized spacial score (nSPS) is 19.7. The molecule has 42 heavy (non-hydrogen) atoms. The van der Waals surface area contributed by atoms with E-state index in [1.54, 1.807) is 38.1 Å². The van der Waals surface area contributed by atoms with Crippen LogP contribution >= 0.6 is 0 Å². The van der Waals surface area contributed by atoms with Crippen molar-refractivity contribution in [3.05, 3.63) is 70.8 Å². The third kappa shape index (κ3) is 4.48. The Kier molecular flexibility index (Phi) is 6.53. The summed E-state index contributed by atoms with van der Waals surface area (Å²) in [6.45, 7) is 3.10. The molecule has 0 aliphatic carbocycles. The number of nitrogens with zero attached hydrogens (tertiary/aromatic N) is 6. The van der Waals surface area contributed by atoms with Gasteiger partial charge in [-0.25, -0.2) is 13.5 Å². The van der Waals surface area contributed by atoms with Crippen molar-refractivity contribution in [3.63, 3.8) is 0 Å². The van der Waals surface area contributed by atoms with Gasteiger partial charge in [-0.3, -0.25) is 4.79 Å². The van der Waals surface area contributed by atoms with Crippen molar-refractivity contribution < 1.29 is 18.7 Å². The van der Waals surface area contributed by atoms with Crippen LogP contribution in [0.1, 0.15) is 54.6 Å². The van der Waals surface area contributed by atoms with Crippen LogP contribution in [-0.2, 0) is 6.54 Å². The average Bonchev–Trinajstić information content (AvgIpc) is 3.63. The number of halogens is 2. The molecule has 2 aliphatic heterocycles. The smallest absolute Gasteiger partial charge is 0.254 e. The van der Waals surface area contributed by atoms with Gasteiger partial charge in [-0.05, 0) is 80.1 Å². The van der Waals surface area contributed by atoms with Gasteiger partial charge >= 0.3 is 0 Å². The molecule has 3 heterocycles. The third-order valence-electron chi connectivity index (χ3n) is 8.16. The first-order valence-corrected chi connectivity index (χ1v) is 13.6. The standard InChI is InChI=1S/C31H27F2N7O2/c1-31(2,42)15-39-29-23(14-35)28(33)22(12-26(29)37-38-39)20-7-5-17(30(41)40-19-6-8-27(40)25(36)11-19)9-21(20)16-3-4-18(13-34)24(32)10-16/h3-5,7,9-10,12,19,25,27,42H,6,8,11,15,36H2,1-2H3/t19-,25+,27+/m1/s1. The molecule has 0 unspecified atom stereocenters. The molecule has 6 rings (SSSR count). The number of fused-ring (bicyclic) bond motifs is 3. The predicted molar refractivity (Wildman–Crippen MR) is 150 cm³/mol. The second kappa shape index (κ2) is 9.98. The van der Waals surface area contributed by atoms with Crippen LogP contribution < -0.4 is 5.73 Å². The molecule has 212 valence electrons. The number of carbonyl (C=O) groups is 1. The minimum Gasteiger partial charge on any atom is -0.389 e. The topological polar surface area (TPSA) is 145 Å². The minimum absolute atomic E-state index is 0.0105. The van der Waals surface area contributed by atoms with Gasteiger partial charge < -0.3 is 15.7 Å². The van der Waals surface area contributed by atoms with Crippen molar-refractivity contribution >= 4 is 16.9 Å². The Morgan fingerprint density at radius 2 is 1.88 bits per heavy atom. The lowest BCUT2D eigenvalue weighted by Crippen LogP contribution is -2.40. The van der Waals surface area contributed by atoms with E-state index < -0.39 is 17.2 Å². The number of amides is 1. The first kappa shape index (κ1) is 27.5. The van der Waals surface area contributed by atoms with Crippen molar-refractivity contribution in [2.45, 2.75) is 63.4 Å². The molecule has 3 atom stereocenters. The van der Waals surface area contributed by atoms with Gasteiger partial charge in [0.2, 0.25) is 0 Å². The number of rotatable bonds is 5. The molecular weight excluding hydrogens is 540 g/mol. The Labute approximate surface area is 240 Å². The number of benzene rings is 3. The number of aliphatic hydroxyl groups is 1. The van der Waals surface area contributed by atoms with E-state index in [-0.39, 0.29) is 58.3 Å². The minimum atomic E-state index is -1.20. The third-order valence-corrected chi connectivity index (χ3v) is 8.16. The van der Waals surface area contributed by atoms with Gasteiger partial charge in [-0.2, -0.15) is 10.5 Å². The summed E-state index contributed by atoms with van der Waals surface area (Å²) < 4.78 is 32.3. The first-order valence-electron chi connectivity index (χ1n) is 13.6. The molecule has 0 saturated carbocycles. The highest BCUT2D eigenvalue weighted by Crippen LogP contribution is 2.41. The summed E-state index contributed by atoms with van der Waals surface area (Å²) in [7, 11) is 0. The van der Waals surface area contributed by atoms with Crippen LogP contribution in [0.5, 0.6) is 0 Å². The largest absolute Gasteiger partial charge is 0.389 e. The highest BCUT2D eigenvalue weighted by Gasteiger charge is 2.47. The van der Waals surface area contributed by atoms with Crippen LogP contribution in [0.2, 0.25) is 0 Å². The average molecular weight is 568 g/mol. The van der Waals surface area contributed by atoms with E-state index in [2.05, 4.69) is 10.3 Å². The fourth-order valence-corrected chi connectivity index (χ4v) is 6.32. The lowest BCUT2D eigenvalue weighted by atomic mass is 9.90. The van der Waals surface area contributed by atoms with Crippen LogP contribution in [0, 0.1) is 34.3 Å². The highest BCUT2D eigenvalue weighted by molar-refractivity contribution is 5.99. The van der Waals surface area contributed by atoms with E-state index in [0.717, 1.165) is 19.3 Å². The Morgan fingerprint density at radius 3 is 2.50 bits per heavy atom. The van der Waals surface area contributed by atoms with Gasteiger partial charge in [-0.15, -0.1) is 5.10 Å². The fourth-order valence-electron chi connectivity index (χ4n) is 6.32. The molecule has 9 nitrogen and oxygen atoms in total. The molecule has 3 N–H and O–H groups in total. The van der Waals surface area contributed by atoms with Crippen LogP contribution in [0.4, 0.5) is 8.78 Å². The van der Waals surface area contributed by atoms with E-state index in [9.17, 15) is 24.8 Å². The van der Waals surface area contributed by atoms with Gasteiger partial charge in [0.1, 0.15) is 34.6 Å². The molecule has 2 aliphatic rings. The van der Waals surface area contributed by atoms with Crippen molar-refractivity contribution in [1.29, 1.82) is 10.5 Å². The molecule has 1 amide bonds. The highest BCUT2D eigenvalue weighted by atomic mass is 19.1. The maximum absolute atomic E-state index is 16.2.